The summed E-state index contributed by atoms with van der Waals surface area (Å²) in [6, 6.07) is 1.86. The molecule has 7 heteroatoms. The monoisotopic (exact) mass is 263 g/mol. The quantitative estimate of drug-likeness (QED) is 0.804. The Morgan fingerprint density at radius 1 is 1.50 bits per heavy atom. The van der Waals surface area contributed by atoms with Crippen LogP contribution in [0.2, 0.25) is 0 Å². The Bertz CT molecular complexity index is 581. The number of pyridine rings is 1. The highest BCUT2D eigenvalue weighted by molar-refractivity contribution is 7.80. The molecule has 0 fully saturated rings. The smallest absolute Gasteiger partial charge is 0.223 e. The van der Waals surface area contributed by atoms with Gasteiger partial charge in [0.2, 0.25) is 5.89 Å². The molecule has 0 radical (unpaired) electrons. The van der Waals surface area contributed by atoms with Gasteiger partial charge in [0.25, 0.3) is 0 Å². The number of aryl methyl sites for hydroxylation is 2. The number of hydrogen-bond donors (Lipinski definition) is 2. The number of aromatic nitrogens is 3. The lowest BCUT2D eigenvalue weighted by molar-refractivity contribution is 0.388. The average molecular weight is 263 g/mol. The number of nitrogens with two attached hydrogens (primary N) is 1. The molecule has 0 atom stereocenters. The van der Waals surface area contributed by atoms with Crippen LogP contribution in [0.5, 0.6) is 0 Å². The highest BCUT2D eigenvalue weighted by Gasteiger charge is 2.10. The lowest BCUT2D eigenvalue weighted by Crippen LogP contribution is -2.16. The van der Waals surface area contributed by atoms with Crippen LogP contribution in [0.1, 0.15) is 22.8 Å². The van der Waals surface area contributed by atoms with Crippen molar-refractivity contribution >= 4 is 23.0 Å². The van der Waals surface area contributed by atoms with Crippen molar-refractivity contribution in [3.63, 3.8) is 0 Å². The molecule has 0 aliphatic carbocycles. The molecule has 0 aliphatic heterocycles. The van der Waals surface area contributed by atoms with Crippen molar-refractivity contribution in [2.45, 2.75) is 20.4 Å². The molecule has 0 unspecified atom stereocenters. The minimum absolute atomic E-state index is 0.312. The maximum absolute atomic E-state index is 5.69. The zero-order chi connectivity index (χ0) is 13.1. The molecule has 0 aromatic carbocycles. The van der Waals surface area contributed by atoms with E-state index in [1.165, 1.54) is 0 Å². The molecule has 2 rings (SSSR count). The maximum Gasteiger partial charge on any atom is 0.223 e. The minimum Gasteiger partial charge on any atom is -0.389 e. The maximum atomic E-state index is 5.69. The third-order valence-corrected chi connectivity index (χ3v) is 2.59. The zero-order valence-electron chi connectivity index (χ0n) is 10.1. The first kappa shape index (κ1) is 12.4. The zero-order valence-corrected chi connectivity index (χ0v) is 10.9. The second-order valence-corrected chi connectivity index (χ2v) is 4.24. The number of nitrogens with zero attached hydrogens (tertiary/aromatic N) is 3. The van der Waals surface area contributed by atoms with E-state index in [-0.39, 0.29) is 0 Å². The molecule has 0 amide bonds. The molecule has 2 heterocycles. The molecule has 18 heavy (non-hydrogen) atoms. The molecule has 0 spiro atoms. The molecule has 94 valence electrons. The molecule has 0 aliphatic rings. The van der Waals surface area contributed by atoms with E-state index in [4.69, 9.17) is 22.5 Å². The van der Waals surface area contributed by atoms with E-state index in [1.807, 2.05) is 13.0 Å². The van der Waals surface area contributed by atoms with Crippen LogP contribution in [0.25, 0.3) is 0 Å². The predicted octanol–water partition coefficient (Wildman–Crippen LogP) is 1.33. The Balaban J connectivity index is 2.19. The van der Waals surface area contributed by atoms with E-state index in [0.717, 1.165) is 11.1 Å². The first-order chi connectivity index (χ1) is 8.58. The Morgan fingerprint density at radius 2 is 2.28 bits per heavy atom. The van der Waals surface area contributed by atoms with Gasteiger partial charge in [0.05, 0.1) is 12.1 Å². The van der Waals surface area contributed by atoms with Crippen molar-refractivity contribution in [1.82, 2.24) is 15.1 Å². The molecular weight excluding hydrogens is 250 g/mol. The Morgan fingerprint density at radius 3 is 2.89 bits per heavy atom. The molecule has 2 aromatic rings. The van der Waals surface area contributed by atoms with Gasteiger partial charge in [-0.25, -0.2) is 4.98 Å². The summed E-state index contributed by atoms with van der Waals surface area (Å²) < 4.78 is 4.88. The van der Waals surface area contributed by atoms with Gasteiger partial charge in [-0.1, -0.05) is 17.4 Å². The average Bonchev–Trinajstić information content (AvgIpc) is 2.72. The Kier molecular flexibility index (Phi) is 3.52. The predicted molar refractivity (Wildman–Crippen MR) is 71.2 cm³/mol. The largest absolute Gasteiger partial charge is 0.389 e. The summed E-state index contributed by atoms with van der Waals surface area (Å²) in [5, 5.41) is 6.89. The number of hydrogen-bond acceptors (Lipinski definition) is 6. The lowest BCUT2D eigenvalue weighted by atomic mass is 10.1. The molecule has 2 aromatic heterocycles. The van der Waals surface area contributed by atoms with Gasteiger partial charge in [0.1, 0.15) is 10.8 Å². The van der Waals surface area contributed by atoms with E-state index in [9.17, 15) is 0 Å². The van der Waals surface area contributed by atoms with Crippen molar-refractivity contribution in [2.75, 3.05) is 5.32 Å². The summed E-state index contributed by atoms with van der Waals surface area (Å²) in [7, 11) is 0. The summed E-state index contributed by atoms with van der Waals surface area (Å²) in [6.07, 6.45) is 1.70. The lowest BCUT2D eigenvalue weighted by Gasteiger charge is -2.10. The van der Waals surface area contributed by atoms with E-state index in [2.05, 4.69) is 20.4 Å². The fourth-order valence-electron chi connectivity index (χ4n) is 1.58. The highest BCUT2D eigenvalue weighted by atomic mass is 32.1. The van der Waals surface area contributed by atoms with Crippen LogP contribution in [-0.4, -0.2) is 20.1 Å². The Hall–Kier alpha value is -2.02. The van der Waals surface area contributed by atoms with Crippen LogP contribution in [-0.2, 0) is 6.54 Å². The first-order valence-electron chi connectivity index (χ1n) is 5.36. The van der Waals surface area contributed by atoms with Crippen LogP contribution in [0.4, 0.5) is 5.82 Å². The standard InChI is InChI=1S/C11H13N5OS/c1-6-3-4-13-11(9(6)10(12)18)14-5-8-15-7(2)17-16-8/h3-4H,5H2,1-2H3,(H2,12,18)(H,13,14). The van der Waals surface area contributed by atoms with Gasteiger partial charge in [0.15, 0.2) is 5.82 Å². The van der Waals surface area contributed by atoms with Crippen molar-refractivity contribution < 1.29 is 4.52 Å². The molecule has 0 bridgehead atoms. The van der Waals surface area contributed by atoms with Gasteiger partial charge in [-0.05, 0) is 18.6 Å². The SMILES string of the molecule is Cc1nc(CNc2nccc(C)c2C(N)=S)no1. The second kappa shape index (κ2) is 5.09. The molecule has 3 N–H and O–H groups in total. The van der Waals surface area contributed by atoms with Crippen LogP contribution >= 0.6 is 12.2 Å². The van der Waals surface area contributed by atoms with Crippen LogP contribution < -0.4 is 11.1 Å². The van der Waals surface area contributed by atoms with Crippen molar-refractivity contribution in [2.24, 2.45) is 5.73 Å². The third kappa shape index (κ3) is 2.62. The van der Waals surface area contributed by atoms with E-state index in [0.29, 0.717) is 29.1 Å². The summed E-state index contributed by atoms with van der Waals surface area (Å²) in [5.74, 6) is 1.72. The van der Waals surface area contributed by atoms with Gasteiger partial charge in [0, 0.05) is 13.1 Å². The van der Waals surface area contributed by atoms with Gasteiger partial charge >= 0.3 is 0 Å². The molecular formula is C11H13N5OS. The fraction of sp³-hybridized carbons (Fsp3) is 0.273. The topological polar surface area (TPSA) is 89.9 Å². The van der Waals surface area contributed by atoms with Gasteiger partial charge < -0.3 is 15.6 Å². The second-order valence-electron chi connectivity index (χ2n) is 3.80. The van der Waals surface area contributed by atoms with Crippen LogP contribution in [0.15, 0.2) is 16.8 Å². The number of nitrogens with one attached hydrogen (secondary N) is 1. The number of thiocarbonyl (C=S) groups is 1. The van der Waals surface area contributed by atoms with Gasteiger partial charge in [-0.15, -0.1) is 0 Å². The minimum atomic E-state index is 0.312. The summed E-state index contributed by atoms with van der Waals surface area (Å²) in [5.41, 5.74) is 7.41. The normalized spacial score (nSPS) is 10.3. The highest BCUT2D eigenvalue weighted by Crippen LogP contribution is 2.16. The number of rotatable bonds is 4. The first-order valence-corrected chi connectivity index (χ1v) is 5.77. The van der Waals surface area contributed by atoms with E-state index >= 15 is 0 Å². The van der Waals surface area contributed by atoms with Crippen molar-refractivity contribution in [1.29, 1.82) is 0 Å². The fourth-order valence-corrected chi connectivity index (χ4v) is 1.84. The van der Waals surface area contributed by atoms with E-state index < -0.39 is 0 Å². The van der Waals surface area contributed by atoms with Gasteiger partial charge in [-0.3, -0.25) is 0 Å². The molecule has 0 saturated carbocycles. The van der Waals surface area contributed by atoms with Gasteiger partial charge in [-0.2, -0.15) is 4.98 Å². The van der Waals surface area contributed by atoms with Crippen molar-refractivity contribution in [3.05, 3.63) is 35.1 Å². The molecule has 6 nitrogen and oxygen atoms in total. The molecule has 0 saturated heterocycles. The summed E-state index contributed by atoms with van der Waals surface area (Å²) >= 11 is 5.02. The number of anilines is 1. The third-order valence-electron chi connectivity index (χ3n) is 2.39. The van der Waals surface area contributed by atoms with Crippen molar-refractivity contribution in [3.8, 4) is 0 Å². The van der Waals surface area contributed by atoms with Crippen LogP contribution in [0, 0.1) is 13.8 Å². The van der Waals surface area contributed by atoms with Crippen LogP contribution in [0.3, 0.4) is 0 Å². The Labute approximate surface area is 110 Å². The van der Waals surface area contributed by atoms with E-state index in [1.54, 1.807) is 13.1 Å². The summed E-state index contributed by atoms with van der Waals surface area (Å²) in [6.45, 7) is 4.07. The summed E-state index contributed by atoms with van der Waals surface area (Å²) in [4.78, 5) is 8.62.